The van der Waals surface area contributed by atoms with Gasteiger partial charge in [0.25, 0.3) is 0 Å². The first kappa shape index (κ1) is 13.0. The summed E-state index contributed by atoms with van der Waals surface area (Å²) in [4.78, 5) is 11.6. The van der Waals surface area contributed by atoms with Gasteiger partial charge >= 0.3 is 0 Å². The number of halogens is 1. The van der Waals surface area contributed by atoms with Crippen LogP contribution in [0.1, 0.15) is 52.4 Å². The summed E-state index contributed by atoms with van der Waals surface area (Å²) in [6.45, 7) is 5.12. The highest BCUT2D eigenvalue weighted by Crippen LogP contribution is 2.40. The van der Waals surface area contributed by atoms with Gasteiger partial charge in [0.1, 0.15) is 0 Å². The molecule has 1 amide bonds. The minimum Gasteiger partial charge on any atom is -0.355 e. The van der Waals surface area contributed by atoms with Crippen LogP contribution in [0.2, 0.25) is 0 Å². The number of hydrogen-bond donors (Lipinski definition) is 1. The van der Waals surface area contributed by atoms with Crippen LogP contribution in [0.5, 0.6) is 0 Å². The van der Waals surface area contributed by atoms with Crippen molar-refractivity contribution in [2.75, 3.05) is 6.54 Å². The van der Waals surface area contributed by atoms with E-state index < -0.39 is 0 Å². The van der Waals surface area contributed by atoms with E-state index in [1.165, 1.54) is 32.1 Å². The zero-order chi connectivity index (χ0) is 11.3. The average Bonchev–Trinajstić information content (AvgIpc) is 2.74. The molecule has 15 heavy (non-hydrogen) atoms. The van der Waals surface area contributed by atoms with Gasteiger partial charge < -0.3 is 5.32 Å². The van der Waals surface area contributed by atoms with E-state index in [1.54, 1.807) is 0 Å². The number of hydrogen-bond acceptors (Lipinski definition) is 1. The molecule has 1 unspecified atom stereocenters. The fourth-order valence-corrected chi connectivity index (χ4v) is 2.51. The molecule has 1 aliphatic carbocycles. The van der Waals surface area contributed by atoms with Crippen LogP contribution in [-0.4, -0.2) is 17.3 Å². The molecule has 0 radical (unpaired) electrons. The Balaban J connectivity index is 2.37. The Morgan fingerprint density at radius 3 is 2.47 bits per heavy atom. The Morgan fingerprint density at radius 1 is 1.40 bits per heavy atom. The lowest BCUT2D eigenvalue weighted by atomic mass is 9.83. The van der Waals surface area contributed by atoms with Crippen LogP contribution in [-0.2, 0) is 4.79 Å². The molecule has 0 aromatic carbocycles. The van der Waals surface area contributed by atoms with E-state index in [-0.39, 0.29) is 10.7 Å². The zero-order valence-electron chi connectivity index (χ0n) is 9.81. The number of carbonyl (C=O) groups is 1. The van der Waals surface area contributed by atoms with Gasteiger partial charge in [0, 0.05) is 6.54 Å². The summed E-state index contributed by atoms with van der Waals surface area (Å²) in [5.41, 5.74) is 0.399. The van der Waals surface area contributed by atoms with Crippen molar-refractivity contribution in [2.24, 2.45) is 5.41 Å². The molecule has 1 rings (SSSR count). The summed E-state index contributed by atoms with van der Waals surface area (Å²) < 4.78 is 0. The summed E-state index contributed by atoms with van der Waals surface area (Å²) in [6, 6.07) is 0. The van der Waals surface area contributed by atoms with Crippen molar-refractivity contribution in [2.45, 2.75) is 57.2 Å². The van der Waals surface area contributed by atoms with Crippen molar-refractivity contribution in [1.29, 1.82) is 0 Å². The van der Waals surface area contributed by atoms with Gasteiger partial charge in [-0.3, -0.25) is 4.79 Å². The van der Waals surface area contributed by atoms with Gasteiger partial charge in [-0.1, -0.05) is 42.6 Å². The molecule has 1 aliphatic rings. The van der Waals surface area contributed by atoms with Crippen LogP contribution < -0.4 is 5.32 Å². The van der Waals surface area contributed by atoms with Crippen molar-refractivity contribution < 1.29 is 4.79 Å². The third-order valence-corrected chi connectivity index (χ3v) is 4.76. The van der Waals surface area contributed by atoms with Crippen LogP contribution in [0.15, 0.2) is 0 Å². The molecular formula is C12H22BrNO. The Labute approximate surface area is 101 Å². The summed E-state index contributed by atoms with van der Waals surface area (Å²) >= 11 is 3.38. The highest BCUT2D eigenvalue weighted by Gasteiger charge is 2.32. The van der Waals surface area contributed by atoms with Crippen molar-refractivity contribution in [3.8, 4) is 0 Å². The smallest absolute Gasteiger partial charge is 0.233 e. The van der Waals surface area contributed by atoms with Crippen molar-refractivity contribution >= 4 is 21.8 Å². The second-order valence-electron chi connectivity index (χ2n) is 4.65. The quantitative estimate of drug-likeness (QED) is 0.767. The third-order valence-electron chi connectivity index (χ3n) is 3.69. The van der Waals surface area contributed by atoms with E-state index in [1.807, 2.05) is 6.92 Å². The van der Waals surface area contributed by atoms with Gasteiger partial charge in [0.05, 0.1) is 4.83 Å². The van der Waals surface area contributed by atoms with Crippen LogP contribution in [0.3, 0.4) is 0 Å². The van der Waals surface area contributed by atoms with Crippen LogP contribution in [0.25, 0.3) is 0 Å². The van der Waals surface area contributed by atoms with Gasteiger partial charge in [0.15, 0.2) is 0 Å². The first-order valence-electron chi connectivity index (χ1n) is 6.05. The lowest BCUT2D eigenvalue weighted by Crippen LogP contribution is -2.39. The SMILES string of the molecule is CCC(Br)C(=O)NCC1(CC)CCCC1. The minimum atomic E-state index is -0.0205. The number of nitrogens with one attached hydrogen (secondary N) is 1. The monoisotopic (exact) mass is 275 g/mol. The molecule has 0 saturated heterocycles. The molecule has 0 bridgehead atoms. The fourth-order valence-electron chi connectivity index (χ4n) is 2.35. The lowest BCUT2D eigenvalue weighted by molar-refractivity contribution is -0.121. The van der Waals surface area contributed by atoms with Crippen LogP contribution in [0, 0.1) is 5.41 Å². The molecule has 0 aliphatic heterocycles. The second-order valence-corrected chi connectivity index (χ2v) is 5.76. The maximum Gasteiger partial charge on any atom is 0.233 e. The topological polar surface area (TPSA) is 29.1 Å². The maximum atomic E-state index is 11.6. The molecule has 0 aromatic heterocycles. The number of amides is 1. The second kappa shape index (κ2) is 5.88. The number of rotatable bonds is 5. The Bertz CT molecular complexity index is 212. The van der Waals surface area contributed by atoms with Gasteiger partial charge in [-0.25, -0.2) is 0 Å². The molecule has 0 heterocycles. The predicted molar refractivity (Wildman–Crippen MR) is 67.2 cm³/mol. The highest BCUT2D eigenvalue weighted by atomic mass is 79.9. The molecule has 3 heteroatoms. The predicted octanol–water partition coefficient (Wildman–Crippen LogP) is 3.25. The molecule has 1 N–H and O–H groups in total. The summed E-state index contributed by atoms with van der Waals surface area (Å²) in [7, 11) is 0. The molecule has 88 valence electrons. The van der Waals surface area contributed by atoms with Gasteiger partial charge in [-0.05, 0) is 31.1 Å². The van der Waals surface area contributed by atoms with E-state index in [0.29, 0.717) is 5.41 Å². The standard InChI is InChI=1S/C12H22BrNO/c1-3-10(13)11(15)14-9-12(4-2)7-5-6-8-12/h10H,3-9H2,1-2H3,(H,14,15). The molecule has 0 spiro atoms. The van der Waals surface area contributed by atoms with Crippen molar-refractivity contribution in [3.63, 3.8) is 0 Å². The van der Waals surface area contributed by atoms with Crippen LogP contribution >= 0.6 is 15.9 Å². The summed E-state index contributed by atoms with van der Waals surface area (Å²) in [5.74, 6) is 0.150. The van der Waals surface area contributed by atoms with Crippen molar-refractivity contribution in [1.82, 2.24) is 5.32 Å². The number of carbonyl (C=O) groups excluding carboxylic acids is 1. The van der Waals surface area contributed by atoms with E-state index >= 15 is 0 Å². The first-order chi connectivity index (χ1) is 7.13. The van der Waals surface area contributed by atoms with E-state index in [0.717, 1.165) is 13.0 Å². The summed E-state index contributed by atoms with van der Waals surface area (Å²) in [6.07, 6.45) is 7.26. The van der Waals surface area contributed by atoms with Gasteiger partial charge in [-0.15, -0.1) is 0 Å². The van der Waals surface area contributed by atoms with Crippen LogP contribution in [0.4, 0.5) is 0 Å². The molecule has 0 aromatic rings. The number of alkyl halides is 1. The minimum absolute atomic E-state index is 0.0205. The first-order valence-corrected chi connectivity index (χ1v) is 6.97. The lowest BCUT2D eigenvalue weighted by Gasteiger charge is -2.28. The molecule has 2 nitrogen and oxygen atoms in total. The normalized spacial score (nSPS) is 21.3. The van der Waals surface area contributed by atoms with Crippen molar-refractivity contribution in [3.05, 3.63) is 0 Å². The molecular weight excluding hydrogens is 254 g/mol. The molecule has 1 atom stereocenters. The molecule has 1 saturated carbocycles. The van der Waals surface area contributed by atoms with E-state index in [9.17, 15) is 4.79 Å². The Morgan fingerprint density at radius 2 is 2.00 bits per heavy atom. The Kier molecular flexibility index (Phi) is 5.10. The Hall–Kier alpha value is -0.0500. The van der Waals surface area contributed by atoms with E-state index in [2.05, 4.69) is 28.2 Å². The molecule has 1 fully saturated rings. The fraction of sp³-hybridized carbons (Fsp3) is 0.917. The highest BCUT2D eigenvalue weighted by molar-refractivity contribution is 9.10. The average molecular weight is 276 g/mol. The summed E-state index contributed by atoms with van der Waals surface area (Å²) in [5, 5.41) is 3.08. The maximum absolute atomic E-state index is 11.6. The van der Waals surface area contributed by atoms with E-state index in [4.69, 9.17) is 0 Å². The van der Waals surface area contributed by atoms with Gasteiger partial charge in [0.2, 0.25) is 5.91 Å². The largest absolute Gasteiger partial charge is 0.355 e. The van der Waals surface area contributed by atoms with Gasteiger partial charge in [-0.2, -0.15) is 0 Å². The zero-order valence-corrected chi connectivity index (χ0v) is 11.4. The third kappa shape index (κ3) is 3.47.